The number of rotatable bonds is 10. The maximum Gasteiger partial charge on any atom is 0.317 e. The van der Waals surface area contributed by atoms with E-state index < -0.39 is 17.9 Å². The average Bonchev–Trinajstić information content (AvgIpc) is 2.42. The van der Waals surface area contributed by atoms with E-state index >= 15 is 0 Å². The molecular formula is C15H26O5. The molecule has 0 aliphatic heterocycles. The van der Waals surface area contributed by atoms with Crippen LogP contribution in [0.5, 0.6) is 0 Å². The Morgan fingerprint density at radius 2 is 1.65 bits per heavy atom. The van der Waals surface area contributed by atoms with Crippen molar-refractivity contribution in [1.82, 2.24) is 0 Å². The molecule has 0 atom stereocenters. The Morgan fingerprint density at radius 1 is 1.00 bits per heavy atom. The quantitative estimate of drug-likeness (QED) is 0.476. The Labute approximate surface area is 120 Å². The van der Waals surface area contributed by atoms with E-state index in [0.29, 0.717) is 13.0 Å². The molecule has 0 heterocycles. The van der Waals surface area contributed by atoms with Crippen LogP contribution in [-0.4, -0.2) is 35.4 Å². The Hall–Kier alpha value is -1.10. The number of unbranched alkanes of at least 4 members (excludes halogenated alkanes) is 1. The fraction of sp³-hybridized carbons (Fsp3) is 0.867. The zero-order chi connectivity index (χ0) is 14.8. The van der Waals surface area contributed by atoms with Gasteiger partial charge in [-0.05, 0) is 31.6 Å². The highest BCUT2D eigenvalue weighted by Gasteiger charge is 2.24. The number of carbonyl (C=O) groups is 2. The minimum Gasteiger partial charge on any atom is -0.481 e. The summed E-state index contributed by atoms with van der Waals surface area (Å²) in [6.45, 7) is 1.37. The summed E-state index contributed by atoms with van der Waals surface area (Å²) in [5.41, 5.74) is 0. The second-order valence-corrected chi connectivity index (χ2v) is 5.63. The van der Waals surface area contributed by atoms with Gasteiger partial charge < -0.3 is 14.9 Å². The van der Waals surface area contributed by atoms with Crippen LogP contribution in [0.15, 0.2) is 0 Å². The Bertz CT molecular complexity index is 283. The number of ether oxygens (including phenoxy) is 1. The molecular weight excluding hydrogens is 260 g/mol. The van der Waals surface area contributed by atoms with Crippen molar-refractivity contribution < 1.29 is 24.5 Å². The molecule has 116 valence electrons. The van der Waals surface area contributed by atoms with Crippen LogP contribution in [0, 0.1) is 11.8 Å². The molecule has 1 fully saturated rings. The minimum absolute atomic E-state index is 0.177. The van der Waals surface area contributed by atoms with Crippen molar-refractivity contribution in [3.8, 4) is 0 Å². The van der Waals surface area contributed by atoms with Crippen molar-refractivity contribution in [2.24, 2.45) is 11.8 Å². The topological polar surface area (TPSA) is 83.8 Å². The van der Waals surface area contributed by atoms with Crippen molar-refractivity contribution in [1.29, 1.82) is 0 Å². The Morgan fingerprint density at radius 3 is 2.25 bits per heavy atom. The summed E-state index contributed by atoms with van der Waals surface area (Å²) >= 11 is 0. The summed E-state index contributed by atoms with van der Waals surface area (Å²) in [5.74, 6) is -2.98. The molecule has 5 nitrogen and oxygen atoms in total. The van der Waals surface area contributed by atoms with Crippen LogP contribution in [0.25, 0.3) is 0 Å². The van der Waals surface area contributed by atoms with E-state index in [1.54, 1.807) is 0 Å². The SMILES string of the molecule is O=C(O)C(CCCCOCCC1CCCCC1)C(=O)O. The van der Waals surface area contributed by atoms with E-state index in [1.807, 2.05) is 0 Å². The van der Waals surface area contributed by atoms with E-state index in [1.165, 1.54) is 32.1 Å². The molecule has 0 radical (unpaired) electrons. The highest BCUT2D eigenvalue weighted by atomic mass is 16.5. The fourth-order valence-corrected chi connectivity index (χ4v) is 2.73. The molecule has 0 aromatic rings. The molecule has 0 unspecified atom stereocenters. The fourth-order valence-electron chi connectivity index (χ4n) is 2.73. The first-order chi connectivity index (χ1) is 9.61. The van der Waals surface area contributed by atoms with Gasteiger partial charge in [0.15, 0.2) is 5.92 Å². The Balaban J connectivity index is 1.96. The van der Waals surface area contributed by atoms with Gasteiger partial charge in [0, 0.05) is 13.2 Å². The van der Waals surface area contributed by atoms with E-state index in [4.69, 9.17) is 14.9 Å². The highest BCUT2D eigenvalue weighted by molar-refractivity contribution is 5.92. The molecule has 1 rings (SSSR count). The van der Waals surface area contributed by atoms with Gasteiger partial charge >= 0.3 is 11.9 Å². The Kier molecular flexibility index (Phi) is 8.26. The van der Waals surface area contributed by atoms with Crippen LogP contribution in [-0.2, 0) is 14.3 Å². The highest BCUT2D eigenvalue weighted by Crippen LogP contribution is 2.26. The van der Waals surface area contributed by atoms with Crippen molar-refractivity contribution in [2.75, 3.05) is 13.2 Å². The standard InChI is InChI=1S/C15H26O5/c16-14(17)13(15(18)19)8-4-5-10-20-11-9-12-6-2-1-3-7-12/h12-13H,1-11H2,(H,16,17)(H,18,19). The van der Waals surface area contributed by atoms with Crippen LogP contribution >= 0.6 is 0 Å². The molecule has 0 spiro atoms. The van der Waals surface area contributed by atoms with Crippen LogP contribution in [0.1, 0.15) is 57.8 Å². The predicted octanol–water partition coefficient (Wildman–Crippen LogP) is 2.93. The summed E-state index contributed by atoms with van der Waals surface area (Å²) in [4.78, 5) is 21.3. The van der Waals surface area contributed by atoms with Gasteiger partial charge in [-0.3, -0.25) is 9.59 Å². The van der Waals surface area contributed by atoms with Crippen molar-refractivity contribution >= 4 is 11.9 Å². The number of carboxylic acid groups (broad SMARTS) is 2. The molecule has 1 saturated carbocycles. The van der Waals surface area contributed by atoms with E-state index in [9.17, 15) is 9.59 Å². The third-order valence-corrected chi connectivity index (χ3v) is 4.02. The van der Waals surface area contributed by atoms with Gasteiger partial charge in [0.25, 0.3) is 0 Å². The average molecular weight is 286 g/mol. The van der Waals surface area contributed by atoms with Crippen LogP contribution in [0.3, 0.4) is 0 Å². The third-order valence-electron chi connectivity index (χ3n) is 4.02. The van der Waals surface area contributed by atoms with Gasteiger partial charge in [0.05, 0.1) is 0 Å². The van der Waals surface area contributed by atoms with Gasteiger partial charge in [-0.25, -0.2) is 0 Å². The normalized spacial score (nSPS) is 16.4. The van der Waals surface area contributed by atoms with Gasteiger partial charge in [0.2, 0.25) is 0 Å². The smallest absolute Gasteiger partial charge is 0.317 e. The van der Waals surface area contributed by atoms with E-state index in [2.05, 4.69) is 0 Å². The van der Waals surface area contributed by atoms with Gasteiger partial charge in [0.1, 0.15) is 0 Å². The molecule has 1 aliphatic rings. The predicted molar refractivity (Wildman–Crippen MR) is 74.6 cm³/mol. The summed E-state index contributed by atoms with van der Waals surface area (Å²) in [6, 6.07) is 0. The lowest BCUT2D eigenvalue weighted by Crippen LogP contribution is -2.23. The van der Waals surface area contributed by atoms with Crippen molar-refractivity contribution in [3.05, 3.63) is 0 Å². The zero-order valence-electron chi connectivity index (χ0n) is 12.1. The van der Waals surface area contributed by atoms with Gasteiger partial charge in [-0.2, -0.15) is 0 Å². The van der Waals surface area contributed by atoms with E-state index in [0.717, 1.165) is 25.4 Å². The maximum atomic E-state index is 10.7. The summed E-state index contributed by atoms with van der Waals surface area (Å²) in [7, 11) is 0. The number of hydrogen-bond donors (Lipinski definition) is 2. The minimum atomic E-state index is -1.28. The monoisotopic (exact) mass is 286 g/mol. The van der Waals surface area contributed by atoms with Crippen LogP contribution in [0.4, 0.5) is 0 Å². The first-order valence-corrected chi connectivity index (χ1v) is 7.64. The van der Waals surface area contributed by atoms with Crippen LogP contribution in [0.2, 0.25) is 0 Å². The summed E-state index contributed by atoms with van der Waals surface area (Å²) < 4.78 is 5.54. The largest absolute Gasteiger partial charge is 0.481 e. The molecule has 1 aliphatic carbocycles. The van der Waals surface area contributed by atoms with Crippen molar-refractivity contribution in [2.45, 2.75) is 57.8 Å². The third kappa shape index (κ3) is 6.89. The molecule has 2 N–H and O–H groups in total. The molecule has 0 saturated heterocycles. The lowest BCUT2D eigenvalue weighted by atomic mass is 9.87. The number of hydrogen-bond acceptors (Lipinski definition) is 3. The van der Waals surface area contributed by atoms with Crippen molar-refractivity contribution in [3.63, 3.8) is 0 Å². The lowest BCUT2D eigenvalue weighted by molar-refractivity contribution is -0.154. The molecule has 0 bridgehead atoms. The maximum absolute atomic E-state index is 10.7. The second kappa shape index (κ2) is 9.75. The van der Waals surface area contributed by atoms with Gasteiger partial charge in [-0.1, -0.05) is 32.1 Å². The first kappa shape index (κ1) is 17.0. The number of carboxylic acids is 2. The second-order valence-electron chi connectivity index (χ2n) is 5.63. The molecule has 0 aromatic carbocycles. The molecule has 5 heteroatoms. The first-order valence-electron chi connectivity index (χ1n) is 7.64. The molecule has 0 aromatic heterocycles. The lowest BCUT2D eigenvalue weighted by Gasteiger charge is -2.21. The number of aliphatic carboxylic acids is 2. The molecule has 0 amide bonds. The van der Waals surface area contributed by atoms with Gasteiger partial charge in [-0.15, -0.1) is 0 Å². The molecule has 20 heavy (non-hydrogen) atoms. The summed E-state index contributed by atoms with van der Waals surface area (Å²) in [5, 5.41) is 17.4. The zero-order valence-corrected chi connectivity index (χ0v) is 12.1. The summed E-state index contributed by atoms with van der Waals surface area (Å²) in [6.07, 6.45) is 9.29. The van der Waals surface area contributed by atoms with Crippen LogP contribution < -0.4 is 0 Å². The van der Waals surface area contributed by atoms with E-state index in [-0.39, 0.29) is 6.42 Å².